The highest BCUT2D eigenvalue weighted by Crippen LogP contribution is 2.34. The lowest BCUT2D eigenvalue weighted by Crippen LogP contribution is -2.41. The average Bonchev–Trinajstić information content (AvgIpc) is 2.81. The SMILES string of the molecule is COc1ccc(CC(=O)Nc2ccc3c(c2)OCC(=O)N3CCOc2ccccc2)cc1. The molecule has 0 spiro atoms. The summed E-state index contributed by atoms with van der Waals surface area (Å²) < 4.78 is 16.5. The minimum atomic E-state index is -0.143. The predicted molar refractivity (Wildman–Crippen MR) is 122 cm³/mol. The van der Waals surface area contributed by atoms with Crippen molar-refractivity contribution >= 4 is 23.2 Å². The number of nitrogens with zero attached hydrogens (tertiary/aromatic N) is 1. The van der Waals surface area contributed by atoms with Crippen LogP contribution in [-0.2, 0) is 16.0 Å². The lowest BCUT2D eigenvalue weighted by molar-refractivity contribution is -0.121. The number of nitrogens with one attached hydrogen (secondary N) is 1. The molecule has 0 saturated heterocycles. The number of carbonyl (C=O) groups is 2. The molecule has 1 N–H and O–H groups in total. The number of benzene rings is 3. The van der Waals surface area contributed by atoms with Gasteiger partial charge in [-0.15, -0.1) is 0 Å². The van der Waals surface area contributed by atoms with E-state index in [1.807, 2.05) is 54.6 Å². The van der Waals surface area contributed by atoms with E-state index in [4.69, 9.17) is 14.2 Å². The van der Waals surface area contributed by atoms with Crippen LogP contribution in [0.15, 0.2) is 72.8 Å². The number of fused-ring (bicyclic) bond motifs is 1. The van der Waals surface area contributed by atoms with Crippen LogP contribution in [0.4, 0.5) is 11.4 Å². The topological polar surface area (TPSA) is 77.1 Å². The summed E-state index contributed by atoms with van der Waals surface area (Å²) in [6.07, 6.45) is 0.239. The summed E-state index contributed by atoms with van der Waals surface area (Å²) in [6.45, 7) is 0.699. The van der Waals surface area contributed by atoms with Gasteiger partial charge in [-0.25, -0.2) is 0 Å². The smallest absolute Gasteiger partial charge is 0.265 e. The van der Waals surface area contributed by atoms with E-state index < -0.39 is 0 Å². The van der Waals surface area contributed by atoms with E-state index in [1.165, 1.54) is 0 Å². The molecule has 2 amide bonds. The van der Waals surface area contributed by atoms with E-state index in [0.29, 0.717) is 30.3 Å². The Kier molecular flexibility index (Phi) is 6.55. The van der Waals surface area contributed by atoms with Gasteiger partial charge in [0.1, 0.15) is 23.9 Å². The quantitative estimate of drug-likeness (QED) is 0.588. The minimum Gasteiger partial charge on any atom is -0.497 e. The minimum absolute atomic E-state index is 0.0540. The molecule has 3 aromatic carbocycles. The molecule has 1 heterocycles. The van der Waals surface area contributed by atoms with Crippen LogP contribution in [0.3, 0.4) is 0 Å². The Morgan fingerprint density at radius 2 is 1.81 bits per heavy atom. The average molecular weight is 432 g/mol. The number of carbonyl (C=O) groups excluding carboxylic acids is 2. The molecule has 164 valence electrons. The van der Waals surface area contributed by atoms with Crippen molar-refractivity contribution in [3.63, 3.8) is 0 Å². The molecule has 0 aliphatic carbocycles. The molecular formula is C25H24N2O5. The summed E-state index contributed by atoms with van der Waals surface area (Å²) in [6, 6.07) is 22.1. The maximum atomic E-state index is 12.4. The summed E-state index contributed by atoms with van der Waals surface area (Å²) in [7, 11) is 1.60. The van der Waals surface area contributed by atoms with Gasteiger partial charge in [-0.3, -0.25) is 9.59 Å². The van der Waals surface area contributed by atoms with Crippen LogP contribution in [0.1, 0.15) is 5.56 Å². The van der Waals surface area contributed by atoms with Gasteiger partial charge in [0.15, 0.2) is 6.61 Å². The number of amides is 2. The van der Waals surface area contributed by atoms with E-state index in [9.17, 15) is 9.59 Å². The number of anilines is 2. The molecule has 0 fully saturated rings. The Morgan fingerprint density at radius 1 is 1.03 bits per heavy atom. The molecule has 1 aliphatic heterocycles. The molecule has 0 saturated carbocycles. The predicted octanol–water partition coefficient (Wildman–Crippen LogP) is 3.68. The second kappa shape index (κ2) is 9.87. The van der Waals surface area contributed by atoms with Gasteiger partial charge in [-0.1, -0.05) is 30.3 Å². The summed E-state index contributed by atoms with van der Waals surface area (Å²) in [5, 5.41) is 2.88. The largest absolute Gasteiger partial charge is 0.497 e. The number of rotatable bonds is 8. The van der Waals surface area contributed by atoms with Crippen LogP contribution in [0, 0.1) is 0 Å². The van der Waals surface area contributed by atoms with E-state index in [0.717, 1.165) is 17.1 Å². The van der Waals surface area contributed by atoms with Gasteiger partial charge in [0, 0.05) is 11.8 Å². The number of para-hydroxylation sites is 1. The van der Waals surface area contributed by atoms with Gasteiger partial charge in [-0.2, -0.15) is 0 Å². The third-order valence-electron chi connectivity index (χ3n) is 5.04. The van der Waals surface area contributed by atoms with E-state index >= 15 is 0 Å². The van der Waals surface area contributed by atoms with Gasteiger partial charge in [0.2, 0.25) is 5.91 Å². The Morgan fingerprint density at radius 3 is 2.56 bits per heavy atom. The van der Waals surface area contributed by atoms with Gasteiger partial charge >= 0.3 is 0 Å². The maximum Gasteiger partial charge on any atom is 0.265 e. The molecule has 0 bridgehead atoms. The van der Waals surface area contributed by atoms with Crippen molar-refractivity contribution in [2.75, 3.05) is 37.1 Å². The molecule has 0 atom stereocenters. The van der Waals surface area contributed by atoms with Gasteiger partial charge in [-0.05, 0) is 42.0 Å². The zero-order valence-electron chi connectivity index (χ0n) is 17.7. The first-order chi connectivity index (χ1) is 15.6. The van der Waals surface area contributed by atoms with Crippen molar-refractivity contribution in [2.45, 2.75) is 6.42 Å². The number of hydrogen-bond donors (Lipinski definition) is 1. The van der Waals surface area contributed by atoms with Gasteiger partial charge in [0.05, 0.1) is 25.8 Å². The van der Waals surface area contributed by atoms with Crippen LogP contribution >= 0.6 is 0 Å². The van der Waals surface area contributed by atoms with Crippen molar-refractivity contribution in [3.8, 4) is 17.2 Å². The molecule has 4 rings (SSSR count). The van der Waals surface area contributed by atoms with Crippen LogP contribution in [0.2, 0.25) is 0 Å². The standard InChI is InChI=1S/C25H24N2O5/c1-30-20-10-7-18(8-11-20)15-24(28)26-19-9-12-22-23(16-19)32-17-25(29)27(22)13-14-31-21-5-3-2-4-6-21/h2-12,16H,13-15,17H2,1H3,(H,26,28). The summed E-state index contributed by atoms with van der Waals surface area (Å²) in [4.78, 5) is 26.5. The fraction of sp³-hybridized carbons (Fsp3) is 0.200. The monoisotopic (exact) mass is 432 g/mol. The highest BCUT2D eigenvalue weighted by Gasteiger charge is 2.25. The Hall–Kier alpha value is -4.00. The van der Waals surface area contributed by atoms with E-state index in [1.54, 1.807) is 30.2 Å². The first-order valence-electron chi connectivity index (χ1n) is 10.3. The first-order valence-corrected chi connectivity index (χ1v) is 10.3. The van der Waals surface area contributed by atoms with Crippen LogP contribution in [0.5, 0.6) is 17.2 Å². The molecule has 32 heavy (non-hydrogen) atoms. The van der Waals surface area contributed by atoms with E-state index in [-0.39, 0.29) is 24.8 Å². The fourth-order valence-corrected chi connectivity index (χ4v) is 3.43. The Balaban J connectivity index is 1.38. The first kappa shape index (κ1) is 21.2. The van der Waals surface area contributed by atoms with Crippen molar-refractivity contribution in [1.29, 1.82) is 0 Å². The molecule has 3 aromatic rings. The van der Waals surface area contributed by atoms with Crippen molar-refractivity contribution in [3.05, 3.63) is 78.4 Å². The second-order valence-corrected chi connectivity index (χ2v) is 7.25. The second-order valence-electron chi connectivity index (χ2n) is 7.25. The molecule has 0 radical (unpaired) electrons. The zero-order chi connectivity index (χ0) is 22.3. The molecule has 0 aromatic heterocycles. The zero-order valence-corrected chi connectivity index (χ0v) is 17.7. The third kappa shape index (κ3) is 5.18. The van der Waals surface area contributed by atoms with Gasteiger partial charge < -0.3 is 24.4 Å². The molecule has 7 nitrogen and oxygen atoms in total. The lowest BCUT2D eigenvalue weighted by atomic mass is 10.1. The highest BCUT2D eigenvalue weighted by atomic mass is 16.5. The van der Waals surface area contributed by atoms with Gasteiger partial charge in [0.25, 0.3) is 5.91 Å². The van der Waals surface area contributed by atoms with Crippen LogP contribution in [0.25, 0.3) is 0 Å². The van der Waals surface area contributed by atoms with Crippen molar-refractivity contribution in [2.24, 2.45) is 0 Å². The van der Waals surface area contributed by atoms with Crippen LogP contribution in [-0.4, -0.2) is 38.7 Å². The molecule has 0 unspecified atom stereocenters. The number of methoxy groups -OCH3 is 1. The van der Waals surface area contributed by atoms with Crippen molar-refractivity contribution < 1.29 is 23.8 Å². The molecule has 7 heteroatoms. The summed E-state index contributed by atoms with van der Waals surface area (Å²) in [5.41, 5.74) is 2.15. The lowest BCUT2D eigenvalue weighted by Gasteiger charge is -2.29. The summed E-state index contributed by atoms with van der Waals surface area (Å²) in [5.74, 6) is 1.77. The Labute approximate surface area is 186 Å². The van der Waals surface area contributed by atoms with Crippen LogP contribution < -0.4 is 24.4 Å². The third-order valence-corrected chi connectivity index (χ3v) is 5.04. The maximum absolute atomic E-state index is 12.4. The molecular weight excluding hydrogens is 408 g/mol. The normalized spacial score (nSPS) is 12.5. The number of ether oxygens (including phenoxy) is 3. The Bertz CT molecular complexity index is 1080. The summed E-state index contributed by atoms with van der Waals surface area (Å²) >= 11 is 0. The fourth-order valence-electron chi connectivity index (χ4n) is 3.43. The highest BCUT2D eigenvalue weighted by molar-refractivity contribution is 5.99. The van der Waals surface area contributed by atoms with E-state index in [2.05, 4.69) is 5.32 Å². The van der Waals surface area contributed by atoms with Crippen molar-refractivity contribution in [1.82, 2.24) is 0 Å². The number of hydrogen-bond acceptors (Lipinski definition) is 5. The molecule has 1 aliphatic rings.